The number of phenols is 1. The molecule has 322 valence electrons. The number of hydrogen-bond acceptors (Lipinski definition) is 10. The van der Waals surface area contributed by atoms with Crippen molar-refractivity contribution < 1.29 is 43.3 Å². The van der Waals surface area contributed by atoms with Crippen LogP contribution < -0.4 is 26.7 Å². The minimum absolute atomic E-state index is 0.0321. The molecule has 2 aliphatic carbocycles. The van der Waals surface area contributed by atoms with Gasteiger partial charge in [0.15, 0.2) is 5.43 Å². The number of aromatic hydroxyl groups is 1. The van der Waals surface area contributed by atoms with Gasteiger partial charge in [0.2, 0.25) is 5.91 Å². The van der Waals surface area contributed by atoms with Gasteiger partial charge < -0.3 is 40.1 Å². The zero-order valence-corrected chi connectivity index (χ0v) is 35.5. The molecule has 0 bridgehead atoms. The van der Waals surface area contributed by atoms with E-state index in [1.54, 1.807) is 60.7 Å². The number of carboxylic acids is 2. The number of carbonyl (C=O) groups excluding carboxylic acids is 2. The lowest BCUT2D eigenvalue weighted by molar-refractivity contribution is -0.120. The number of benzene rings is 6. The number of carbonyl (C=O) groups is 4. The molecule has 2 amide bonds. The molecule has 8 rings (SSSR count). The summed E-state index contributed by atoms with van der Waals surface area (Å²) in [4.78, 5) is 69.2. The van der Waals surface area contributed by atoms with Crippen molar-refractivity contribution in [3.8, 4) is 50.7 Å². The molecule has 0 fully saturated rings. The highest BCUT2D eigenvalue weighted by molar-refractivity contribution is 6.41. The first-order chi connectivity index (χ1) is 30.8. The van der Waals surface area contributed by atoms with Crippen LogP contribution in [0, 0.1) is 0 Å². The van der Waals surface area contributed by atoms with Gasteiger partial charge in [-0.2, -0.15) is 0 Å². The molecule has 0 atom stereocenters. The van der Waals surface area contributed by atoms with Crippen molar-refractivity contribution in [2.45, 2.75) is 20.4 Å². The number of anilines is 1. The van der Waals surface area contributed by atoms with Gasteiger partial charge in [0.05, 0.1) is 38.6 Å². The summed E-state index contributed by atoms with van der Waals surface area (Å²) in [6.45, 7) is 4.31. The smallest absolute Gasteiger partial charge is 0.337 e. The molecule has 2 aliphatic heterocycles. The van der Waals surface area contributed by atoms with E-state index in [4.69, 9.17) is 32.0 Å². The van der Waals surface area contributed by atoms with Gasteiger partial charge in [-0.25, -0.2) is 9.59 Å². The SMILES string of the molecule is CCN=c1ccc2c(-c3c(Cl)c(C(=O)NCC(=O)NCc4ccc(-c5c6ccc(=O)cc-6oc6cc(O)ccc56)c(C(=O)O)c4)cc(Cl)c3C(=O)O)c3ccc(NCC)cc3oc-2c1. The predicted octanol–water partition coefficient (Wildman–Crippen LogP) is 8.89. The average Bonchev–Trinajstić information content (AvgIpc) is 3.26. The Hall–Kier alpha value is -7.68. The number of carboxylic acid groups (broad SMARTS) is 2. The lowest BCUT2D eigenvalue weighted by Crippen LogP contribution is -2.36. The first-order valence-corrected chi connectivity index (χ1v) is 20.6. The highest BCUT2D eigenvalue weighted by Crippen LogP contribution is 2.47. The number of fused-ring (bicyclic) bond motifs is 4. The van der Waals surface area contributed by atoms with Crippen LogP contribution in [-0.4, -0.2) is 58.7 Å². The second-order valence-electron chi connectivity index (χ2n) is 14.6. The minimum atomic E-state index is -1.39. The van der Waals surface area contributed by atoms with Crippen LogP contribution in [0.2, 0.25) is 10.0 Å². The zero-order valence-electron chi connectivity index (χ0n) is 34.0. The van der Waals surface area contributed by atoms with Crippen LogP contribution in [0.15, 0.2) is 116 Å². The topological polar surface area (TPSA) is 221 Å². The number of phenolic OH excluding ortho intramolecular Hbond substituents is 1. The van der Waals surface area contributed by atoms with Crippen LogP contribution in [0.4, 0.5) is 5.69 Å². The Bertz CT molecular complexity index is 3300. The van der Waals surface area contributed by atoms with E-state index in [1.165, 1.54) is 30.3 Å². The largest absolute Gasteiger partial charge is 0.508 e. The van der Waals surface area contributed by atoms with E-state index in [9.17, 15) is 39.3 Å². The van der Waals surface area contributed by atoms with Crippen LogP contribution >= 0.6 is 23.2 Å². The summed E-state index contributed by atoms with van der Waals surface area (Å²) in [5.74, 6) is -3.63. The predicted molar refractivity (Wildman–Crippen MR) is 243 cm³/mol. The van der Waals surface area contributed by atoms with Crippen molar-refractivity contribution in [1.29, 1.82) is 0 Å². The fourth-order valence-corrected chi connectivity index (χ4v) is 8.36. The Morgan fingerprint density at radius 2 is 1.38 bits per heavy atom. The van der Waals surface area contributed by atoms with E-state index in [1.807, 2.05) is 13.8 Å². The normalized spacial score (nSPS) is 11.7. The lowest BCUT2D eigenvalue weighted by atomic mass is 9.89. The molecule has 4 aliphatic rings. The average molecular weight is 900 g/mol. The van der Waals surface area contributed by atoms with E-state index in [0.29, 0.717) is 73.9 Å². The molecule has 16 heteroatoms. The van der Waals surface area contributed by atoms with Gasteiger partial charge in [0.1, 0.15) is 28.4 Å². The second kappa shape index (κ2) is 17.6. The van der Waals surface area contributed by atoms with Gasteiger partial charge in [-0.15, -0.1) is 0 Å². The minimum Gasteiger partial charge on any atom is -0.508 e. The molecule has 6 N–H and O–H groups in total. The van der Waals surface area contributed by atoms with Crippen molar-refractivity contribution in [2.75, 3.05) is 25.0 Å². The summed E-state index contributed by atoms with van der Waals surface area (Å²) in [5.41, 5.74) is 2.86. The summed E-state index contributed by atoms with van der Waals surface area (Å²) < 4.78 is 12.2. The Labute approximate surface area is 373 Å². The Morgan fingerprint density at radius 1 is 0.688 bits per heavy atom. The number of hydrogen-bond donors (Lipinski definition) is 6. The summed E-state index contributed by atoms with van der Waals surface area (Å²) in [7, 11) is 0. The molecule has 4 aromatic rings. The molecular weight excluding hydrogens is 863 g/mol. The number of nitrogens with one attached hydrogen (secondary N) is 3. The summed E-state index contributed by atoms with van der Waals surface area (Å²) in [6.07, 6.45) is 0. The van der Waals surface area contributed by atoms with Gasteiger partial charge in [-0.3, -0.25) is 19.4 Å². The molecule has 0 unspecified atom stereocenters. The third-order valence-corrected chi connectivity index (χ3v) is 11.2. The molecule has 0 aromatic heterocycles. The molecular formula is C48H36Cl2N4O10. The summed E-state index contributed by atoms with van der Waals surface area (Å²) in [6, 6.07) is 24.9. The first-order valence-electron chi connectivity index (χ1n) is 19.9. The molecule has 14 nitrogen and oxygen atoms in total. The monoisotopic (exact) mass is 898 g/mol. The summed E-state index contributed by atoms with van der Waals surface area (Å²) >= 11 is 13.7. The van der Waals surface area contributed by atoms with E-state index in [0.717, 1.165) is 11.8 Å². The second-order valence-corrected chi connectivity index (χ2v) is 15.4. The maximum atomic E-state index is 13.8. The molecule has 2 heterocycles. The van der Waals surface area contributed by atoms with Crippen molar-refractivity contribution in [2.24, 2.45) is 4.99 Å². The van der Waals surface area contributed by atoms with Gasteiger partial charge in [-0.05, 0) is 85.6 Å². The molecule has 0 saturated carbocycles. The van der Waals surface area contributed by atoms with Crippen molar-refractivity contribution in [3.63, 3.8) is 0 Å². The third kappa shape index (κ3) is 8.19. The standard InChI is InChI=1S/C48H36Cl2N4O10/c1-3-51-24-6-11-31-36(16-24)63-37-17-25(52-4-2)7-12-32(37)42(31)44-43(48(61)62)35(49)20-34(45(44)50)46(58)54-22-40(57)53-21-23-5-10-28(33(15-23)47(59)60)41-29-13-8-26(55)18-38(29)64-39-19-27(56)9-14-30(39)41/h5-20,51,55H,3-4,21-22H2,1-2H3,(H,53,57)(H,54,58)(H,59,60)(H,61,62). The molecule has 0 spiro atoms. The van der Waals surface area contributed by atoms with Gasteiger partial charge >= 0.3 is 11.9 Å². The first kappa shape index (κ1) is 43.0. The highest BCUT2D eigenvalue weighted by atomic mass is 35.5. The van der Waals surface area contributed by atoms with Crippen molar-refractivity contribution in [3.05, 3.63) is 145 Å². The van der Waals surface area contributed by atoms with Gasteiger partial charge in [0, 0.05) is 88.2 Å². The Morgan fingerprint density at radius 3 is 2.11 bits per heavy atom. The van der Waals surface area contributed by atoms with Gasteiger partial charge in [0.25, 0.3) is 5.91 Å². The van der Waals surface area contributed by atoms with Crippen molar-refractivity contribution in [1.82, 2.24) is 10.6 Å². The van der Waals surface area contributed by atoms with Crippen molar-refractivity contribution >= 4 is 74.6 Å². The maximum Gasteiger partial charge on any atom is 0.337 e. The summed E-state index contributed by atoms with van der Waals surface area (Å²) in [5, 5.41) is 40.5. The van der Waals surface area contributed by atoms with Crippen LogP contribution in [0.3, 0.4) is 0 Å². The van der Waals surface area contributed by atoms with E-state index >= 15 is 0 Å². The fraction of sp³-hybridized carbons (Fsp3) is 0.125. The number of halogens is 2. The van der Waals surface area contributed by atoms with E-state index in [2.05, 4.69) is 20.9 Å². The molecule has 64 heavy (non-hydrogen) atoms. The Kier molecular flexibility index (Phi) is 11.8. The lowest BCUT2D eigenvalue weighted by Gasteiger charge is -2.20. The number of aromatic carboxylic acids is 2. The third-order valence-electron chi connectivity index (χ3n) is 10.5. The van der Waals surface area contributed by atoms with Crippen LogP contribution in [0.5, 0.6) is 5.75 Å². The highest BCUT2D eigenvalue weighted by Gasteiger charge is 2.30. The fourth-order valence-electron chi connectivity index (χ4n) is 7.74. The van der Waals surface area contributed by atoms with Crippen LogP contribution in [0.25, 0.3) is 66.8 Å². The molecule has 0 radical (unpaired) electrons. The van der Waals surface area contributed by atoms with Crippen LogP contribution in [-0.2, 0) is 11.3 Å². The van der Waals surface area contributed by atoms with E-state index < -0.39 is 30.3 Å². The van der Waals surface area contributed by atoms with E-state index in [-0.39, 0.29) is 61.4 Å². The molecule has 0 saturated heterocycles. The quantitative estimate of drug-likeness (QED) is 0.0636. The number of rotatable bonds is 12. The molecule has 4 aromatic carbocycles. The number of nitrogens with zero attached hydrogens (tertiary/aromatic N) is 1. The van der Waals surface area contributed by atoms with Gasteiger partial charge in [-0.1, -0.05) is 35.3 Å². The zero-order chi connectivity index (χ0) is 45.4. The Balaban J connectivity index is 1.08. The maximum absolute atomic E-state index is 13.8. The number of amides is 2. The van der Waals surface area contributed by atoms with Crippen LogP contribution in [0.1, 0.15) is 50.5 Å².